The van der Waals surface area contributed by atoms with Gasteiger partial charge in [-0.1, -0.05) is 48.2 Å². The van der Waals surface area contributed by atoms with Gasteiger partial charge < -0.3 is 10.2 Å². The molecule has 2 heterocycles. The Hall–Kier alpha value is -4.37. The maximum absolute atomic E-state index is 13.0. The highest BCUT2D eigenvalue weighted by Crippen LogP contribution is 2.29. The number of carbonyl (C=O) groups excluding carboxylic acids is 1. The largest absolute Gasteiger partial charge is 0.339 e. The number of carbonyl (C=O) groups is 1. The van der Waals surface area contributed by atoms with E-state index in [1.807, 2.05) is 65.1 Å². The number of aromatic nitrogens is 4. The highest BCUT2D eigenvalue weighted by atomic mass is 32.2. The number of para-hydroxylation sites is 2. The van der Waals surface area contributed by atoms with E-state index in [1.165, 1.54) is 16.3 Å². The number of amides is 1. The van der Waals surface area contributed by atoms with Crippen molar-refractivity contribution in [3.8, 4) is 0 Å². The van der Waals surface area contributed by atoms with E-state index in [0.29, 0.717) is 34.1 Å². The van der Waals surface area contributed by atoms with Gasteiger partial charge in [0.25, 0.3) is 5.56 Å². The van der Waals surface area contributed by atoms with Crippen molar-refractivity contribution < 1.29 is 4.79 Å². The molecule has 0 atom stereocenters. The van der Waals surface area contributed by atoms with Gasteiger partial charge in [0.1, 0.15) is 0 Å². The molecule has 5 aromatic rings. The van der Waals surface area contributed by atoms with Crippen LogP contribution in [0.1, 0.15) is 13.8 Å². The summed E-state index contributed by atoms with van der Waals surface area (Å²) in [5, 5.41) is 12.6. The SMILES string of the molecule is C=CCn1c(=O)c2ccccc2n2c(SCC(=O)Nc3ccc(N(c4ccccc4)C(C)C)cc3)nnc12. The summed E-state index contributed by atoms with van der Waals surface area (Å²) < 4.78 is 3.35. The molecule has 0 spiro atoms. The third kappa shape index (κ3) is 4.92. The van der Waals surface area contributed by atoms with Crippen molar-refractivity contribution >= 4 is 51.4 Å². The summed E-state index contributed by atoms with van der Waals surface area (Å²) in [7, 11) is 0. The van der Waals surface area contributed by atoms with E-state index in [9.17, 15) is 9.59 Å². The van der Waals surface area contributed by atoms with Crippen LogP contribution in [0.15, 0.2) is 101 Å². The van der Waals surface area contributed by atoms with Crippen molar-refractivity contribution in [2.24, 2.45) is 0 Å². The van der Waals surface area contributed by atoms with Gasteiger partial charge in [-0.3, -0.25) is 18.6 Å². The molecule has 5 rings (SSSR count). The van der Waals surface area contributed by atoms with Crippen molar-refractivity contribution in [3.63, 3.8) is 0 Å². The minimum atomic E-state index is -0.160. The van der Waals surface area contributed by atoms with Gasteiger partial charge in [0.15, 0.2) is 5.16 Å². The Labute approximate surface area is 224 Å². The molecular formula is C29H28N6O2S. The van der Waals surface area contributed by atoms with Crippen molar-refractivity contribution in [2.45, 2.75) is 31.6 Å². The van der Waals surface area contributed by atoms with Crippen LogP contribution in [0.25, 0.3) is 16.7 Å². The predicted octanol–water partition coefficient (Wildman–Crippen LogP) is 5.51. The van der Waals surface area contributed by atoms with E-state index in [-0.39, 0.29) is 23.3 Å². The predicted molar refractivity (Wildman–Crippen MR) is 154 cm³/mol. The number of nitrogens with zero attached hydrogens (tertiary/aromatic N) is 5. The summed E-state index contributed by atoms with van der Waals surface area (Å²) in [6.45, 7) is 8.36. The fraction of sp³-hybridized carbons (Fsp3) is 0.172. The molecule has 3 aromatic carbocycles. The lowest BCUT2D eigenvalue weighted by Crippen LogP contribution is -2.25. The van der Waals surface area contributed by atoms with Crippen LogP contribution in [0.2, 0.25) is 0 Å². The molecule has 0 radical (unpaired) electrons. The van der Waals surface area contributed by atoms with Gasteiger partial charge in [-0.15, -0.1) is 16.8 Å². The number of nitrogens with one attached hydrogen (secondary N) is 1. The summed E-state index contributed by atoms with van der Waals surface area (Å²) in [6, 6.07) is 25.6. The zero-order valence-electron chi connectivity index (χ0n) is 21.2. The first-order valence-electron chi connectivity index (χ1n) is 12.3. The molecule has 1 N–H and O–H groups in total. The molecular weight excluding hydrogens is 496 g/mol. The number of benzene rings is 3. The van der Waals surface area contributed by atoms with Crippen LogP contribution < -0.4 is 15.8 Å². The fourth-order valence-corrected chi connectivity index (χ4v) is 5.23. The summed E-state index contributed by atoms with van der Waals surface area (Å²) in [4.78, 5) is 28.0. The van der Waals surface area contributed by atoms with Crippen molar-refractivity contribution in [1.82, 2.24) is 19.2 Å². The Bertz CT molecular complexity index is 1660. The van der Waals surface area contributed by atoms with Gasteiger partial charge in [-0.05, 0) is 62.4 Å². The normalized spacial score (nSPS) is 11.2. The monoisotopic (exact) mass is 524 g/mol. The lowest BCUT2D eigenvalue weighted by atomic mass is 10.2. The lowest BCUT2D eigenvalue weighted by molar-refractivity contribution is -0.113. The molecule has 0 aliphatic heterocycles. The van der Waals surface area contributed by atoms with E-state index < -0.39 is 0 Å². The molecule has 192 valence electrons. The molecule has 0 unspecified atom stereocenters. The Kier molecular flexibility index (Phi) is 7.28. The molecule has 9 heteroatoms. The zero-order chi connectivity index (χ0) is 26.6. The summed E-state index contributed by atoms with van der Waals surface area (Å²) >= 11 is 1.27. The second-order valence-corrected chi connectivity index (χ2v) is 9.97. The maximum atomic E-state index is 13.0. The number of fused-ring (bicyclic) bond motifs is 3. The number of hydrogen-bond donors (Lipinski definition) is 1. The Morgan fingerprint density at radius 3 is 2.39 bits per heavy atom. The lowest BCUT2D eigenvalue weighted by Gasteiger charge is -2.29. The number of thioether (sulfide) groups is 1. The van der Waals surface area contributed by atoms with Gasteiger partial charge in [0.05, 0.1) is 16.7 Å². The molecule has 0 saturated carbocycles. The molecule has 2 aromatic heterocycles. The van der Waals surface area contributed by atoms with Crippen LogP contribution in [0.5, 0.6) is 0 Å². The van der Waals surface area contributed by atoms with Crippen molar-refractivity contribution in [2.75, 3.05) is 16.0 Å². The number of anilines is 3. The summed E-state index contributed by atoms with van der Waals surface area (Å²) in [5.74, 6) is 0.395. The van der Waals surface area contributed by atoms with Crippen LogP contribution in [0, 0.1) is 0 Å². The second kappa shape index (κ2) is 10.9. The first-order valence-corrected chi connectivity index (χ1v) is 13.3. The average Bonchev–Trinajstić information content (AvgIpc) is 3.35. The van der Waals surface area contributed by atoms with Gasteiger partial charge in [0.2, 0.25) is 11.7 Å². The van der Waals surface area contributed by atoms with E-state index in [1.54, 1.807) is 12.1 Å². The molecule has 8 nitrogen and oxygen atoms in total. The minimum Gasteiger partial charge on any atom is -0.339 e. The topological polar surface area (TPSA) is 84.5 Å². The minimum absolute atomic E-state index is 0.138. The highest BCUT2D eigenvalue weighted by Gasteiger charge is 2.17. The van der Waals surface area contributed by atoms with Gasteiger partial charge >= 0.3 is 0 Å². The molecule has 0 aliphatic carbocycles. The standard InChI is InChI=1S/C29H28N6O2S/c1-4-18-33-27(37)24-12-8-9-13-25(24)35-28(33)31-32-29(35)38-19-26(36)30-21-14-16-23(17-15-21)34(20(2)3)22-10-6-5-7-11-22/h4-17,20H,1,18-19H2,2-3H3,(H,30,36). The van der Waals surface area contributed by atoms with Crippen LogP contribution >= 0.6 is 11.8 Å². The van der Waals surface area contributed by atoms with Crippen LogP contribution in [0.4, 0.5) is 17.1 Å². The molecule has 1 amide bonds. The second-order valence-electron chi connectivity index (χ2n) is 9.02. The Morgan fingerprint density at radius 2 is 1.68 bits per heavy atom. The average molecular weight is 525 g/mol. The van der Waals surface area contributed by atoms with Crippen LogP contribution in [0.3, 0.4) is 0 Å². The first kappa shape index (κ1) is 25.3. The van der Waals surface area contributed by atoms with E-state index in [4.69, 9.17) is 0 Å². The number of rotatable bonds is 9. The van der Waals surface area contributed by atoms with Crippen LogP contribution in [-0.4, -0.2) is 36.9 Å². The smallest absolute Gasteiger partial charge is 0.263 e. The molecule has 0 aliphatic rings. The van der Waals surface area contributed by atoms with E-state index in [0.717, 1.165) is 11.4 Å². The van der Waals surface area contributed by atoms with Gasteiger partial charge in [-0.25, -0.2) is 0 Å². The van der Waals surface area contributed by atoms with Gasteiger partial charge in [0, 0.05) is 29.6 Å². The van der Waals surface area contributed by atoms with Gasteiger partial charge in [-0.2, -0.15) is 0 Å². The number of allylic oxidation sites excluding steroid dienone is 1. The van der Waals surface area contributed by atoms with E-state index >= 15 is 0 Å². The highest BCUT2D eigenvalue weighted by molar-refractivity contribution is 7.99. The fourth-order valence-electron chi connectivity index (χ4n) is 4.49. The van der Waals surface area contributed by atoms with Crippen molar-refractivity contribution in [1.29, 1.82) is 0 Å². The zero-order valence-corrected chi connectivity index (χ0v) is 22.1. The molecule has 38 heavy (non-hydrogen) atoms. The maximum Gasteiger partial charge on any atom is 0.263 e. The third-order valence-electron chi connectivity index (χ3n) is 6.10. The molecule has 0 saturated heterocycles. The Morgan fingerprint density at radius 1 is 1.00 bits per heavy atom. The van der Waals surface area contributed by atoms with Crippen molar-refractivity contribution in [3.05, 3.63) is 102 Å². The van der Waals surface area contributed by atoms with Crippen LogP contribution in [-0.2, 0) is 11.3 Å². The molecule has 0 fully saturated rings. The van der Waals surface area contributed by atoms with E-state index in [2.05, 4.69) is 53.0 Å². The summed E-state index contributed by atoms with van der Waals surface area (Å²) in [5.41, 5.74) is 3.42. The number of hydrogen-bond acceptors (Lipinski definition) is 6. The summed E-state index contributed by atoms with van der Waals surface area (Å²) in [6.07, 6.45) is 1.65. The third-order valence-corrected chi connectivity index (χ3v) is 7.03. The molecule has 0 bridgehead atoms. The quantitative estimate of drug-likeness (QED) is 0.202. The Balaban J connectivity index is 1.33. The first-order chi connectivity index (χ1) is 18.5.